The molecule has 0 unspecified atom stereocenters. The molecule has 14 heteroatoms. The predicted molar refractivity (Wildman–Crippen MR) is 261 cm³/mol. The van der Waals surface area contributed by atoms with Gasteiger partial charge in [0.15, 0.2) is 0 Å². The van der Waals surface area contributed by atoms with Crippen LogP contribution in [0, 0.1) is 30.1 Å². The van der Waals surface area contributed by atoms with E-state index < -0.39 is 23.6 Å². The highest BCUT2D eigenvalue weighted by Crippen LogP contribution is 2.55. The summed E-state index contributed by atoms with van der Waals surface area (Å²) in [5.41, 5.74) is 4.24. The summed E-state index contributed by atoms with van der Waals surface area (Å²) in [7, 11) is 0. The maximum absolute atomic E-state index is 14.0. The summed E-state index contributed by atoms with van der Waals surface area (Å²) in [5.74, 6) is 1.69. The van der Waals surface area contributed by atoms with E-state index in [1.807, 2.05) is 57.5 Å². The Morgan fingerprint density at radius 2 is 1.29 bits per heavy atom. The fraction of sp³-hybridized carbons (Fsp3) is 0.731. The Morgan fingerprint density at radius 3 is 1.85 bits per heavy atom. The van der Waals surface area contributed by atoms with E-state index >= 15 is 0 Å². The van der Waals surface area contributed by atoms with Gasteiger partial charge >= 0.3 is 6.03 Å². The lowest BCUT2D eigenvalue weighted by Crippen LogP contribution is -2.61. The highest BCUT2D eigenvalue weighted by molar-refractivity contribution is 7.13. The molecule has 0 spiro atoms. The van der Waals surface area contributed by atoms with Crippen molar-refractivity contribution in [3.63, 3.8) is 0 Å². The highest BCUT2D eigenvalue weighted by Gasteiger charge is 2.51. The summed E-state index contributed by atoms with van der Waals surface area (Å²) >= 11 is 1.58. The number of amides is 6. The Kier molecular flexibility index (Phi) is 19.3. The molecule has 5 aliphatic rings. The van der Waals surface area contributed by atoms with Crippen LogP contribution in [0.3, 0.4) is 0 Å². The number of β-amino-alcohol motifs (C(OH)–C–C–N with tert-alkyl or cyclic N) is 1. The van der Waals surface area contributed by atoms with Gasteiger partial charge in [-0.15, -0.1) is 11.3 Å². The van der Waals surface area contributed by atoms with Crippen molar-refractivity contribution < 1.29 is 29.1 Å². The Balaban J connectivity index is 0.747. The smallest absolute Gasteiger partial charge is 0.315 e. The molecule has 1 aliphatic heterocycles. The molecule has 1 saturated heterocycles. The number of thiazole rings is 1. The Bertz CT molecular complexity index is 1860. The van der Waals surface area contributed by atoms with Gasteiger partial charge in [-0.05, 0) is 105 Å². The van der Waals surface area contributed by atoms with E-state index in [-0.39, 0.29) is 61.1 Å². The molecule has 66 heavy (non-hydrogen) atoms. The lowest BCUT2D eigenvalue weighted by molar-refractivity contribution is -0.144. The summed E-state index contributed by atoms with van der Waals surface area (Å²) in [6.07, 6.45) is 21.3. The summed E-state index contributed by atoms with van der Waals surface area (Å²) < 4.78 is 0. The van der Waals surface area contributed by atoms with Gasteiger partial charge in [-0.2, -0.15) is 0 Å². The number of nitrogens with zero attached hydrogens (tertiary/aromatic N) is 2. The molecule has 0 radical (unpaired) electrons. The molecular weight excluding hydrogens is 851 g/mol. The molecule has 6 amide bonds. The number of aliphatic hydroxyl groups excluding tert-OH is 1. The van der Waals surface area contributed by atoms with Gasteiger partial charge in [0.05, 0.1) is 22.2 Å². The number of nitrogens with one attached hydrogen (secondary N) is 5. The first kappa shape index (κ1) is 51.4. The van der Waals surface area contributed by atoms with Crippen LogP contribution in [0.2, 0.25) is 0 Å². The minimum atomic E-state index is -0.857. The average molecular weight is 932 g/mol. The van der Waals surface area contributed by atoms with Gasteiger partial charge in [-0.25, -0.2) is 9.78 Å². The van der Waals surface area contributed by atoms with Crippen molar-refractivity contribution in [1.82, 2.24) is 36.5 Å². The van der Waals surface area contributed by atoms with E-state index in [9.17, 15) is 29.1 Å². The zero-order chi connectivity index (χ0) is 47.1. The van der Waals surface area contributed by atoms with Gasteiger partial charge in [0.25, 0.3) is 0 Å². The Labute approximate surface area is 398 Å². The number of carbonyl (C=O) groups excluding carboxylic acids is 5. The number of aliphatic hydroxyl groups is 1. The molecule has 7 rings (SSSR count). The largest absolute Gasteiger partial charge is 0.391 e. The molecule has 6 N–H and O–H groups in total. The number of hydrogen-bond acceptors (Lipinski definition) is 8. The molecule has 2 aromatic rings. The van der Waals surface area contributed by atoms with E-state index in [0.29, 0.717) is 19.4 Å². The van der Waals surface area contributed by atoms with Crippen LogP contribution in [0.25, 0.3) is 10.4 Å². The number of benzene rings is 1. The molecule has 2 heterocycles. The molecule has 4 bridgehead atoms. The van der Waals surface area contributed by atoms with Gasteiger partial charge in [-0.3, -0.25) is 19.2 Å². The number of carbonyl (C=O) groups is 5. The second-order valence-electron chi connectivity index (χ2n) is 21.5. The third-order valence-electron chi connectivity index (χ3n) is 14.6. The molecule has 1 aromatic heterocycles. The zero-order valence-corrected chi connectivity index (χ0v) is 41.3. The minimum Gasteiger partial charge on any atom is -0.391 e. The first-order chi connectivity index (χ1) is 31.7. The van der Waals surface area contributed by atoms with Crippen molar-refractivity contribution in [2.24, 2.45) is 23.2 Å². The van der Waals surface area contributed by atoms with E-state index in [2.05, 4.69) is 31.6 Å². The fourth-order valence-electron chi connectivity index (χ4n) is 11.5. The quantitative estimate of drug-likeness (QED) is 0.0512. The maximum Gasteiger partial charge on any atom is 0.315 e. The van der Waals surface area contributed by atoms with Gasteiger partial charge in [-0.1, -0.05) is 103 Å². The van der Waals surface area contributed by atoms with Crippen molar-refractivity contribution in [2.45, 2.75) is 199 Å². The molecule has 366 valence electrons. The molecular formula is C52H81N7O6S. The number of urea groups is 1. The molecule has 4 aliphatic carbocycles. The number of unbranched alkanes of at least 4 members (excludes halogenated alkanes) is 11. The molecule has 4 saturated carbocycles. The number of aryl methyl sites for hydroxylation is 1. The van der Waals surface area contributed by atoms with Crippen LogP contribution >= 0.6 is 11.3 Å². The zero-order valence-electron chi connectivity index (χ0n) is 40.5. The van der Waals surface area contributed by atoms with Crippen molar-refractivity contribution in [2.75, 3.05) is 19.6 Å². The second kappa shape index (κ2) is 24.8. The van der Waals surface area contributed by atoms with Gasteiger partial charge in [0.2, 0.25) is 23.6 Å². The van der Waals surface area contributed by atoms with Crippen LogP contribution in [0.4, 0.5) is 4.79 Å². The van der Waals surface area contributed by atoms with Crippen LogP contribution in [0.5, 0.6) is 0 Å². The monoisotopic (exact) mass is 932 g/mol. The predicted octanol–water partition coefficient (Wildman–Crippen LogP) is 8.46. The fourth-order valence-corrected chi connectivity index (χ4v) is 12.3. The van der Waals surface area contributed by atoms with Gasteiger partial charge in [0, 0.05) is 51.0 Å². The number of hydrogen-bond donors (Lipinski definition) is 6. The molecule has 3 atom stereocenters. The van der Waals surface area contributed by atoms with Gasteiger partial charge in [0.1, 0.15) is 12.1 Å². The Hall–Kier alpha value is -4.04. The molecule has 5 fully saturated rings. The van der Waals surface area contributed by atoms with E-state index in [1.165, 1.54) is 69.1 Å². The van der Waals surface area contributed by atoms with Crippen LogP contribution in [-0.2, 0) is 25.7 Å². The van der Waals surface area contributed by atoms with Crippen LogP contribution in [0.15, 0.2) is 29.8 Å². The summed E-state index contributed by atoms with van der Waals surface area (Å²) in [4.78, 5) is 72.4. The van der Waals surface area contributed by atoms with Crippen LogP contribution in [-0.4, -0.2) is 88.0 Å². The highest BCUT2D eigenvalue weighted by atomic mass is 32.1. The van der Waals surface area contributed by atoms with Crippen LogP contribution < -0.4 is 26.6 Å². The summed E-state index contributed by atoms with van der Waals surface area (Å²) in [6, 6.07) is 6.29. The van der Waals surface area contributed by atoms with Crippen molar-refractivity contribution in [3.8, 4) is 10.4 Å². The molecule has 1 aromatic carbocycles. The SMILES string of the molecule is Cc1ncsc1-c1ccc(CNC(=O)[C@@H]2C[C@@H](O)CN2C(=O)[C@@H](NC(=O)CCCCCCNC(=O)CCCCCCCCCCCNC(=O)NC23CC4CC(CC(C4)C2)C3)C(C)(C)C)cc1. The summed E-state index contributed by atoms with van der Waals surface area (Å²) in [5, 5.41) is 26.0. The topological polar surface area (TPSA) is 182 Å². The lowest BCUT2D eigenvalue weighted by Gasteiger charge is -2.56. The van der Waals surface area contributed by atoms with Gasteiger partial charge < -0.3 is 36.6 Å². The standard InChI is InChI=1S/C52H81N7O6S/c1-36-46(66-35-56-36)41-22-20-37(21-23-41)33-55-48(63)43-29-42(60)34-59(43)49(64)47(51(2,3)4)57-45(62)19-15-11-13-16-24-53-44(61)18-14-10-8-6-5-7-9-12-17-25-54-50(65)58-52-30-38-26-39(31-52)28-40(27-38)32-52/h20-23,35,38-40,42-43,47,60H,5-19,24-34H2,1-4H3,(H,53,61)(H,55,63)(H,57,62)(H2,54,58,65)/t38?,39?,40?,42-,43+,47-,52?/m1/s1. The third kappa shape index (κ3) is 15.5. The third-order valence-corrected chi connectivity index (χ3v) is 15.6. The summed E-state index contributed by atoms with van der Waals surface area (Å²) in [6.45, 7) is 9.34. The normalized spacial score (nSPS) is 23.7. The van der Waals surface area contributed by atoms with Crippen molar-refractivity contribution in [3.05, 3.63) is 41.0 Å². The van der Waals surface area contributed by atoms with Crippen molar-refractivity contribution in [1.29, 1.82) is 0 Å². The first-order valence-corrected chi connectivity index (χ1v) is 26.4. The Morgan fingerprint density at radius 1 is 0.742 bits per heavy atom. The minimum absolute atomic E-state index is 0.0313. The van der Waals surface area contributed by atoms with E-state index in [1.54, 1.807) is 11.3 Å². The second-order valence-corrected chi connectivity index (χ2v) is 22.3. The lowest BCUT2D eigenvalue weighted by atomic mass is 9.53. The van der Waals surface area contributed by atoms with Crippen molar-refractivity contribution >= 4 is 41.0 Å². The number of aromatic nitrogens is 1. The maximum atomic E-state index is 14.0. The first-order valence-electron chi connectivity index (χ1n) is 25.6. The molecule has 13 nitrogen and oxygen atoms in total. The average Bonchev–Trinajstić information content (AvgIpc) is 3.88. The van der Waals surface area contributed by atoms with E-state index in [4.69, 9.17) is 0 Å². The number of likely N-dealkylation sites (tertiary alicyclic amines) is 1. The van der Waals surface area contributed by atoms with Crippen LogP contribution in [0.1, 0.15) is 173 Å². The van der Waals surface area contributed by atoms with E-state index in [0.717, 1.165) is 97.4 Å². The number of rotatable bonds is 26.